The van der Waals surface area contributed by atoms with E-state index in [1.54, 1.807) is 11.3 Å². The average molecular weight is 430 g/mol. The Hall–Kier alpha value is -2.51. The first-order chi connectivity index (χ1) is 14.1. The van der Waals surface area contributed by atoms with Gasteiger partial charge in [0, 0.05) is 26.2 Å². The first-order valence-corrected chi connectivity index (χ1v) is 10.8. The summed E-state index contributed by atoms with van der Waals surface area (Å²) in [5, 5.41) is 1.69. The smallest absolute Gasteiger partial charge is 0.267 e. The second kappa shape index (κ2) is 7.39. The van der Waals surface area contributed by atoms with Gasteiger partial charge in [-0.1, -0.05) is 41.1 Å². The van der Waals surface area contributed by atoms with Gasteiger partial charge >= 0.3 is 0 Å². The standard InChI is InChI=1S/C21H20ClN3O3S/c1-13-6-7-14(22)19-18(13)23-21(29-19)25-10-8-24(9-11-25)20(26)17-12-27-15-4-2-3-5-16(15)28-17/h2-7,17H,8-12H2,1H3/t17-/m0/s1. The van der Waals surface area contributed by atoms with Gasteiger partial charge in [0.25, 0.3) is 5.91 Å². The highest BCUT2D eigenvalue weighted by Crippen LogP contribution is 2.36. The number of thiazole rings is 1. The number of halogens is 1. The monoisotopic (exact) mass is 429 g/mol. The maximum atomic E-state index is 12.9. The molecule has 3 aromatic rings. The van der Waals surface area contributed by atoms with Crippen LogP contribution in [0.4, 0.5) is 5.13 Å². The number of anilines is 1. The maximum Gasteiger partial charge on any atom is 0.267 e. The second-order valence-electron chi connectivity index (χ2n) is 7.22. The van der Waals surface area contributed by atoms with Crippen LogP contribution in [-0.4, -0.2) is 54.7 Å². The molecule has 0 aliphatic carbocycles. The Kier molecular flexibility index (Phi) is 4.72. The number of aryl methyl sites for hydroxylation is 1. The van der Waals surface area contributed by atoms with E-state index in [-0.39, 0.29) is 12.5 Å². The van der Waals surface area contributed by atoms with Gasteiger partial charge in [0.15, 0.2) is 16.6 Å². The predicted molar refractivity (Wildman–Crippen MR) is 115 cm³/mol. The van der Waals surface area contributed by atoms with E-state index in [4.69, 9.17) is 26.1 Å². The number of carbonyl (C=O) groups excluding carboxylic acids is 1. The van der Waals surface area contributed by atoms with Crippen molar-refractivity contribution in [3.8, 4) is 11.5 Å². The number of hydrogen-bond acceptors (Lipinski definition) is 6. The molecule has 8 heteroatoms. The van der Waals surface area contributed by atoms with Crippen LogP contribution in [-0.2, 0) is 4.79 Å². The minimum absolute atomic E-state index is 0.0256. The molecule has 0 unspecified atom stereocenters. The lowest BCUT2D eigenvalue weighted by Crippen LogP contribution is -2.54. The van der Waals surface area contributed by atoms with Crippen LogP contribution in [0.25, 0.3) is 10.2 Å². The van der Waals surface area contributed by atoms with Crippen LogP contribution in [0.5, 0.6) is 11.5 Å². The van der Waals surface area contributed by atoms with Gasteiger partial charge in [0.05, 0.1) is 15.2 Å². The third-order valence-electron chi connectivity index (χ3n) is 5.33. The Morgan fingerprint density at radius 1 is 1.14 bits per heavy atom. The van der Waals surface area contributed by atoms with Crippen molar-refractivity contribution in [3.05, 3.63) is 47.0 Å². The molecule has 0 N–H and O–H groups in total. The summed E-state index contributed by atoms with van der Waals surface area (Å²) in [4.78, 5) is 21.8. The molecule has 0 spiro atoms. The van der Waals surface area contributed by atoms with Gasteiger partial charge < -0.3 is 19.3 Å². The number of piperazine rings is 1. The molecule has 3 heterocycles. The van der Waals surface area contributed by atoms with E-state index in [0.717, 1.165) is 39.0 Å². The summed E-state index contributed by atoms with van der Waals surface area (Å²) in [6.07, 6.45) is -0.597. The first-order valence-electron chi connectivity index (χ1n) is 9.58. The van der Waals surface area contributed by atoms with E-state index in [0.29, 0.717) is 24.6 Å². The van der Waals surface area contributed by atoms with Gasteiger partial charge in [0.1, 0.15) is 6.61 Å². The van der Waals surface area contributed by atoms with E-state index in [9.17, 15) is 4.79 Å². The Balaban J connectivity index is 1.26. The fraction of sp³-hybridized carbons (Fsp3) is 0.333. The van der Waals surface area contributed by atoms with Crippen molar-refractivity contribution in [3.63, 3.8) is 0 Å². The Bertz CT molecular complexity index is 1040. The van der Waals surface area contributed by atoms with E-state index in [1.807, 2.05) is 48.2 Å². The molecule has 5 rings (SSSR count). The molecule has 1 aromatic heterocycles. The summed E-state index contributed by atoms with van der Waals surface area (Å²) in [5.41, 5.74) is 2.08. The zero-order valence-corrected chi connectivity index (χ0v) is 17.5. The number of ether oxygens (including phenoxy) is 2. The number of fused-ring (bicyclic) bond motifs is 2. The summed E-state index contributed by atoms with van der Waals surface area (Å²) in [5.74, 6) is 1.28. The number of carbonyl (C=O) groups is 1. The summed E-state index contributed by atoms with van der Waals surface area (Å²) < 4.78 is 12.6. The molecule has 1 saturated heterocycles. The van der Waals surface area contributed by atoms with Crippen LogP contribution in [0.1, 0.15) is 5.56 Å². The zero-order chi connectivity index (χ0) is 20.0. The van der Waals surface area contributed by atoms with Crippen LogP contribution in [0.2, 0.25) is 5.02 Å². The number of amides is 1. The third kappa shape index (κ3) is 3.38. The topological polar surface area (TPSA) is 54.9 Å². The predicted octanol–water partition coefficient (Wildman–Crippen LogP) is 3.75. The normalized spacial score (nSPS) is 18.9. The number of benzene rings is 2. The summed E-state index contributed by atoms with van der Waals surface area (Å²) in [6, 6.07) is 11.4. The second-order valence-corrected chi connectivity index (χ2v) is 8.60. The lowest BCUT2D eigenvalue weighted by atomic mass is 10.2. The molecular formula is C21H20ClN3O3S. The van der Waals surface area contributed by atoms with Crippen molar-refractivity contribution in [2.24, 2.45) is 0 Å². The fourth-order valence-corrected chi connectivity index (χ4v) is 5.06. The zero-order valence-electron chi connectivity index (χ0n) is 15.9. The Morgan fingerprint density at radius 2 is 1.90 bits per heavy atom. The average Bonchev–Trinajstić information content (AvgIpc) is 3.23. The van der Waals surface area contributed by atoms with Gasteiger partial charge in [-0.2, -0.15) is 0 Å². The van der Waals surface area contributed by atoms with E-state index >= 15 is 0 Å². The van der Waals surface area contributed by atoms with Crippen LogP contribution in [0.3, 0.4) is 0 Å². The molecule has 1 atom stereocenters. The number of nitrogens with zero attached hydrogens (tertiary/aromatic N) is 3. The molecule has 2 aliphatic rings. The molecule has 150 valence electrons. The van der Waals surface area contributed by atoms with E-state index in [2.05, 4.69) is 4.90 Å². The van der Waals surface area contributed by atoms with Gasteiger partial charge in [0.2, 0.25) is 6.10 Å². The van der Waals surface area contributed by atoms with Crippen molar-refractivity contribution in [1.82, 2.24) is 9.88 Å². The molecular weight excluding hydrogens is 410 g/mol. The van der Waals surface area contributed by atoms with Crippen molar-refractivity contribution in [2.45, 2.75) is 13.0 Å². The molecule has 2 aromatic carbocycles. The number of rotatable bonds is 2. The van der Waals surface area contributed by atoms with Crippen molar-refractivity contribution in [2.75, 3.05) is 37.7 Å². The molecule has 29 heavy (non-hydrogen) atoms. The highest BCUT2D eigenvalue weighted by Gasteiger charge is 2.33. The fourth-order valence-electron chi connectivity index (χ4n) is 3.69. The molecule has 6 nitrogen and oxygen atoms in total. The minimum Gasteiger partial charge on any atom is -0.485 e. The lowest BCUT2D eigenvalue weighted by Gasteiger charge is -2.37. The van der Waals surface area contributed by atoms with Crippen LogP contribution >= 0.6 is 22.9 Å². The highest BCUT2D eigenvalue weighted by molar-refractivity contribution is 7.22. The number of hydrogen-bond donors (Lipinski definition) is 0. The molecule has 1 fully saturated rings. The van der Waals surface area contributed by atoms with Crippen molar-refractivity contribution in [1.29, 1.82) is 0 Å². The minimum atomic E-state index is -0.597. The quantitative estimate of drug-likeness (QED) is 0.621. The Labute approximate surface area is 177 Å². The third-order valence-corrected chi connectivity index (χ3v) is 6.91. The molecule has 0 radical (unpaired) electrons. The van der Waals surface area contributed by atoms with E-state index in [1.165, 1.54) is 0 Å². The Morgan fingerprint density at radius 3 is 2.66 bits per heavy atom. The SMILES string of the molecule is Cc1ccc(Cl)c2sc(N3CCN(C(=O)[C@@H]4COc5ccccc5O4)CC3)nc12. The molecule has 1 amide bonds. The van der Waals surface area contributed by atoms with Gasteiger partial charge in [-0.15, -0.1) is 0 Å². The summed E-state index contributed by atoms with van der Waals surface area (Å²) in [6.45, 7) is 5.00. The number of para-hydroxylation sites is 2. The largest absolute Gasteiger partial charge is 0.485 e. The van der Waals surface area contributed by atoms with E-state index < -0.39 is 6.10 Å². The molecule has 2 aliphatic heterocycles. The molecule has 0 saturated carbocycles. The van der Waals surface area contributed by atoms with Gasteiger partial charge in [-0.25, -0.2) is 4.98 Å². The number of aromatic nitrogens is 1. The van der Waals surface area contributed by atoms with Crippen LogP contribution in [0.15, 0.2) is 36.4 Å². The van der Waals surface area contributed by atoms with Gasteiger partial charge in [-0.05, 0) is 30.7 Å². The van der Waals surface area contributed by atoms with Crippen molar-refractivity contribution < 1.29 is 14.3 Å². The lowest BCUT2D eigenvalue weighted by molar-refractivity contribution is -0.141. The first kappa shape index (κ1) is 18.5. The highest BCUT2D eigenvalue weighted by atomic mass is 35.5. The van der Waals surface area contributed by atoms with Crippen molar-refractivity contribution >= 4 is 44.2 Å². The summed E-state index contributed by atoms with van der Waals surface area (Å²) in [7, 11) is 0. The molecule has 0 bridgehead atoms. The van der Waals surface area contributed by atoms with Crippen LogP contribution < -0.4 is 14.4 Å². The van der Waals surface area contributed by atoms with Gasteiger partial charge in [-0.3, -0.25) is 4.79 Å². The maximum absolute atomic E-state index is 12.9. The van der Waals surface area contributed by atoms with Crippen LogP contribution in [0, 0.1) is 6.92 Å². The summed E-state index contributed by atoms with van der Waals surface area (Å²) >= 11 is 7.95.